The molecule has 1 aromatic heterocycles. The molecule has 0 fully saturated rings. The third-order valence-corrected chi connectivity index (χ3v) is 7.37. The number of hydrogen-bond acceptors (Lipinski definition) is 3. The molecule has 0 radical (unpaired) electrons. The molecule has 2 aromatic carbocycles. The van der Waals surface area contributed by atoms with Crippen molar-refractivity contribution in [2.45, 2.75) is 26.3 Å². The molecule has 0 saturated carbocycles. The number of benzene rings is 2. The number of amides is 2. The van der Waals surface area contributed by atoms with Crippen LogP contribution >= 0.6 is 34.5 Å². The third kappa shape index (κ3) is 5.29. The summed E-state index contributed by atoms with van der Waals surface area (Å²) in [4.78, 5) is 31.4. The van der Waals surface area contributed by atoms with Crippen LogP contribution in [0.3, 0.4) is 0 Å². The maximum Gasteiger partial charge on any atom is 0.254 e. The van der Waals surface area contributed by atoms with Crippen LogP contribution in [-0.2, 0) is 11.2 Å². The highest BCUT2D eigenvalue weighted by atomic mass is 35.5. The number of carbonyl (C=O) groups is 2. The maximum atomic E-state index is 13.8. The molecule has 8 heteroatoms. The van der Waals surface area contributed by atoms with Crippen LogP contribution in [0.15, 0.2) is 53.9 Å². The topological polar surface area (TPSA) is 40.6 Å². The molecule has 0 aliphatic carbocycles. The zero-order valence-corrected chi connectivity index (χ0v) is 21.3. The molecule has 1 aliphatic rings. The quantitative estimate of drug-likeness (QED) is 0.375. The van der Waals surface area contributed by atoms with Gasteiger partial charge in [-0.2, -0.15) is 0 Å². The molecular weight excluding hydrogens is 494 g/mol. The Morgan fingerprint density at radius 1 is 1.15 bits per heavy atom. The van der Waals surface area contributed by atoms with Crippen LogP contribution < -0.4 is 0 Å². The van der Waals surface area contributed by atoms with Crippen molar-refractivity contribution in [1.29, 1.82) is 0 Å². The van der Waals surface area contributed by atoms with E-state index in [2.05, 4.69) is 0 Å². The predicted octanol–water partition coefficient (Wildman–Crippen LogP) is 6.47. The molecule has 2 amide bonds. The van der Waals surface area contributed by atoms with Gasteiger partial charge < -0.3 is 9.80 Å². The molecule has 0 saturated heterocycles. The summed E-state index contributed by atoms with van der Waals surface area (Å²) in [5.74, 6) is -0.897. The fraction of sp³-hybridized carbons (Fsp3) is 0.308. The van der Waals surface area contributed by atoms with E-state index >= 15 is 0 Å². The number of hydrogen-bond donors (Lipinski definition) is 0. The van der Waals surface area contributed by atoms with E-state index in [0.29, 0.717) is 23.1 Å². The third-order valence-electron chi connectivity index (χ3n) is 5.81. The minimum Gasteiger partial charge on any atom is -0.330 e. The Morgan fingerprint density at radius 2 is 1.94 bits per heavy atom. The molecule has 4 rings (SSSR count). The van der Waals surface area contributed by atoms with Crippen molar-refractivity contribution in [2.75, 3.05) is 19.6 Å². The summed E-state index contributed by atoms with van der Waals surface area (Å²) in [6.07, 6.45) is 0.739. The zero-order chi connectivity index (χ0) is 24.4. The maximum absolute atomic E-state index is 13.8. The Bertz CT molecular complexity index is 1210. The minimum atomic E-state index is -0.486. The normalized spacial score (nSPS) is 15.4. The van der Waals surface area contributed by atoms with E-state index in [-0.39, 0.29) is 35.9 Å². The van der Waals surface area contributed by atoms with Gasteiger partial charge in [0.15, 0.2) is 0 Å². The number of fused-ring (bicyclic) bond motifs is 1. The number of nitrogens with zero attached hydrogens (tertiary/aromatic N) is 2. The van der Waals surface area contributed by atoms with Crippen LogP contribution in [0.25, 0.3) is 0 Å². The first-order valence-electron chi connectivity index (χ1n) is 11.1. The molecule has 1 unspecified atom stereocenters. The Hall–Kier alpha value is -2.41. The Kier molecular flexibility index (Phi) is 7.60. The summed E-state index contributed by atoms with van der Waals surface area (Å²) >= 11 is 14.4. The Balaban J connectivity index is 1.65. The van der Waals surface area contributed by atoms with Gasteiger partial charge in [0, 0.05) is 33.6 Å². The van der Waals surface area contributed by atoms with Gasteiger partial charge in [0.2, 0.25) is 5.91 Å². The summed E-state index contributed by atoms with van der Waals surface area (Å²) in [7, 11) is 0. The van der Waals surface area contributed by atoms with Gasteiger partial charge in [-0.3, -0.25) is 9.59 Å². The van der Waals surface area contributed by atoms with Crippen molar-refractivity contribution >= 4 is 46.4 Å². The lowest BCUT2D eigenvalue weighted by atomic mass is 9.93. The van der Waals surface area contributed by atoms with Crippen LogP contribution in [0.1, 0.15) is 46.3 Å². The van der Waals surface area contributed by atoms with Gasteiger partial charge in [-0.25, -0.2) is 4.39 Å². The highest BCUT2D eigenvalue weighted by Gasteiger charge is 2.35. The SMILES string of the molecule is CC(C)CN(CC(=O)N1CCc2sccc2C1c1ccc(Cl)cc1Cl)C(=O)c1cccc(F)c1. The van der Waals surface area contributed by atoms with E-state index in [9.17, 15) is 14.0 Å². The van der Waals surface area contributed by atoms with Gasteiger partial charge >= 0.3 is 0 Å². The van der Waals surface area contributed by atoms with Gasteiger partial charge in [-0.1, -0.05) is 49.2 Å². The zero-order valence-electron chi connectivity index (χ0n) is 18.9. The van der Waals surface area contributed by atoms with Gasteiger partial charge in [0.1, 0.15) is 12.4 Å². The van der Waals surface area contributed by atoms with Crippen molar-refractivity contribution in [3.63, 3.8) is 0 Å². The van der Waals surface area contributed by atoms with Gasteiger partial charge in [0.05, 0.1) is 6.04 Å². The first-order chi connectivity index (χ1) is 16.2. The van der Waals surface area contributed by atoms with Crippen molar-refractivity contribution in [3.8, 4) is 0 Å². The lowest BCUT2D eigenvalue weighted by Crippen LogP contribution is -2.47. The van der Waals surface area contributed by atoms with Crippen molar-refractivity contribution in [3.05, 3.63) is 91.3 Å². The smallest absolute Gasteiger partial charge is 0.254 e. The van der Waals surface area contributed by atoms with E-state index in [4.69, 9.17) is 23.2 Å². The highest BCUT2D eigenvalue weighted by molar-refractivity contribution is 7.10. The number of rotatable bonds is 6. The van der Waals surface area contributed by atoms with Crippen LogP contribution in [0.4, 0.5) is 4.39 Å². The van der Waals surface area contributed by atoms with Crippen molar-refractivity contribution < 1.29 is 14.0 Å². The minimum absolute atomic E-state index is 0.102. The standard InChI is InChI=1S/C26H25Cl2FN2O2S/c1-16(2)14-30(26(33)17-4-3-5-19(29)12-17)15-24(32)31-10-8-23-21(9-11-34-23)25(31)20-7-6-18(27)13-22(20)28/h3-7,9,11-13,16,25H,8,10,14-15H2,1-2H3. The average Bonchev–Trinajstić information content (AvgIpc) is 3.26. The number of carbonyl (C=O) groups excluding carboxylic acids is 2. The summed E-state index contributed by atoms with van der Waals surface area (Å²) < 4.78 is 13.8. The molecule has 3 aromatic rings. The second kappa shape index (κ2) is 10.5. The van der Waals surface area contributed by atoms with Gasteiger partial charge in [0.25, 0.3) is 5.91 Å². The molecule has 178 valence electrons. The summed E-state index contributed by atoms with van der Waals surface area (Å²) in [5.41, 5.74) is 2.07. The summed E-state index contributed by atoms with van der Waals surface area (Å²) in [6, 6.07) is 12.5. The van der Waals surface area contributed by atoms with E-state index in [1.165, 1.54) is 28.0 Å². The van der Waals surface area contributed by atoms with Gasteiger partial charge in [-0.15, -0.1) is 11.3 Å². The van der Waals surface area contributed by atoms with E-state index in [0.717, 1.165) is 17.5 Å². The molecule has 1 aliphatic heterocycles. The van der Waals surface area contributed by atoms with E-state index < -0.39 is 5.82 Å². The predicted molar refractivity (Wildman–Crippen MR) is 135 cm³/mol. The second-order valence-electron chi connectivity index (χ2n) is 8.79. The molecule has 0 spiro atoms. The fourth-order valence-corrected chi connectivity index (χ4v) is 5.78. The van der Waals surface area contributed by atoms with Crippen molar-refractivity contribution in [1.82, 2.24) is 9.80 Å². The van der Waals surface area contributed by atoms with Crippen LogP contribution in [0.5, 0.6) is 0 Å². The fourth-order valence-electron chi connectivity index (χ4n) is 4.36. The van der Waals surface area contributed by atoms with Crippen LogP contribution in [0, 0.1) is 11.7 Å². The second-order valence-corrected chi connectivity index (χ2v) is 10.6. The molecule has 4 nitrogen and oxygen atoms in total. The first-order valence-corrected chi connectivity index (χ1v) is 12.7. The van der Waals surface area contributed by atoms with E-state index in [1.807, 2.05) is 31.4 Å². The molecule has 2 heterocycles. The number of halogens is 3. The first kappa shape index (κ1) is 24.7. The average molecular weight is 519 g/mol. The Morgan fingerprint density at radius 3 is 2.65 bits per heavy atom. The Labute approximate surface area is 212 Å². The van der Waals surface area contributed by atoms with E-state index in [1.54, 1.807) is 34.4 Å². The number of thiophene rings is 1. The highest BCUT2D eigenvalue weighted by Crippen LogP contribution is 2.41. The van der Waals surface area contributed by atoms with Crippen molar-refractivity contribution in [2.24, 2.45) is 5.92 Å². The van der Waals surface area contributed by atoms with Crippen LogP contribution in [-0.4, -0.2) is 41.2 Å². The lowest BCUT2D eigenvalue weighted by molar-refractivity contribution is -0.134. The monoisotopic (exact) mass is 518 g/mol. The molecular formula is C26H25Cl2FN2O2S. The van der Waals surface area contributed by atoms with Gasteiger partial charge in [-0.05, 0) is 65.2 Å². The lowest BCUT2D eigenvalue weighted by Gasteiger charge is -2.38. The molecule has 0 bridgehead atoms. The largest absolute Gasteiger partial charge is 0.330 e. The molecule has 1 atom stereocenters. The molecule has 34 heavy (non-hydrogen) atoms. The molecule has 0 N–H and O–H groups in total. The van der Waals surface area contributed by atoms with Crippen LogP contribution in [0.2, 0.25) is 10.0 Å². The summed E-state index contributed by atoms with van der Waals surface area (Å²) in [6.45, 7) is 4.75. The summed E-state index contributed by atoms with van der Waals surface area (Å²) in [5, 5.41) is 3.04.